The summed E-state index contributed by atoms with van der Waals surface area (Å²) in [5, 5.41) is 20.8. The Hall–Kier alpha value is 0.559. The second kappa shape index (κ2) is 21.4. The van der Waals surface area contributed by atoms with Crippen LogP contribution in [0, 0.1) is 17.8 Å². The van der Waals surface area contributed by atoms with E-state index < -0.39 is 0 Å². The van der Waals surface area contributed by atoms with E-state index in [0.29, 0.717) is 17.8 Å². The van der Waals surface area contributed by atoms with Gasteiger partial charge in [0.1, 0.15) is 0 Å². The van der Waals surface area contributed by atoms with Gasteiger partial charge in [-0.3, -0.25) is 0 Å². The van der Waals surface area contributed by atoms with Crippen molar-refractivity contribution < 1.29 is 44.7 Å². The average molecular weight is 706 g/mol. The summed E-state index contributed by atoms with van der Waals surface area (Å²) in [5.41, 5.74) is 18.6. The van der Waals surface area contributed by atoms with Crippen LogP contribution in [0.25, 0.3) is 21.7 Å². The average Bonchev–Trinajstić information content (AvgIpc) is 3.78. The molecule has 0 aromatic rings. The van der Waals surface area contributed by atoms with Gasteiger partial charge in [-0.1, -0.05) is 32.6 Å². The van der Waals surface area contributed by atoms with Crippen molar-refractivity contribution in [3.8, 4) is 0 Å². The Kier molecular flexibility index (Phi) is 19.8. The summed E-state index contributed by atoms with van der Waals surface area (Å²) < 4.78 is 0. The van der Waals surface area contributed by atoms with Crippen molar-refractivity contribution in [1.82, 2.24) is 29.8 Å². The van der Waals surface area contributed by atoms with Crippen LogP contribution in [0.15, 0.2) is 0 Å². The fourth-order valence-electron chi connectivity index (χ4n) is 7.31. The number of rotatable bonds is 16. The summed E-state index contributed by atoms with van der Waals surface area (Å²) in [6, 6.07) is 0. The monoisotopic (exact) mass is 704 g/mol. The zero-order chi connectivity index (χ0) is 27.6. The molecule has 12 nitrogen and oxygen atoms in total. The molecular weight excluding hydrogens is 647 g/mol. The minimum Gasteiger partial charge on any atom is -0.594 e. The fraction of sp³-hybridized carbons (Fsp3) is 1.00. The van der Waals surface area contributed by atoms with Crippen LogP contribution in [-0.4, -0.2) is 164 Å². The molecule has 5 rings (SSSR count). The summed E-state index contributed by atoms with van der Waals surface area (Å²) in [4.78, 5) is 5.21. The van der Waals surface area contributed by atoms with Gasteiger partial charge in [-0.15, -0.1) is 26.2 Å². The first kappa shape index (κ1) is 39.7. The van der Waals surface area contributed by atoms with Crippen molar-refractivity contribution in [3.05, 3.63) is 21.7 Å². The van der Waals surface area contributed by atoms with E-state index in [1.807, 2.05) is 0 Å². The second-order valence-corrected chi connectivity index (χ2v) is 12.9. The van der Waals surface area contributed by atoms with Crippen LogP contribution in [0.2, 0.25) is 0 Å². The van der Waals surface area contributed by atoms with Crippen LogP contribution >= 0.6 is 0 Å². The Labute approximate surface area is 282 Å². The van der Waals surface area contributed by atoms with Crippen LogP contribution in [0.4, 0.5) is 0 Å². The SMILES string of the molecule is CC1CC(CN(CCN2CCC[N-]2)CCN2CCC[N-]2)C(O)C(CN(CCN2CCC[N-]2)CCN2CCC[N-]2)C1.O.[Cu].[Cu]. The van der Waals surface area contributed by atoms with Gasteiger partial charge >= 0.3 is 0 Å². The fourth-order valence-corrected chi connectivity index (χ4v) is 7.31. The van der Waals surface area contributed by atoms with Crippen LogP contribution in [0.5, 0.6) is 0 Å². The zero-order valence-corrected chi connectivity index (χ0v) is 28.2. The van der Waals surface area contributed by atoms with Crippen molar-refractivity contribution in [2.75, 3.05) is 118 Å². The maximum absolute atomic E-state index is 11.8. The Bertz CT molecular complexity index is 615. The van der Waals surface area contributed by atoms with E-state index in [0.717, 1.165) is 131 Å². The van der Waals surface area contributed by atoms with E-state index in [9.17, 15) is 5.11 Å². The molecule has 2 unspecified atom stereocenters. The molecule has 0 bridgehead atoms. The molecule has 2 atom stereocenters. The number of hydrogen-bond donors (Lipinski definition) is 1. The molecule has 5 fully saturated rings. The van der Waals surface area contributed by atoms with E-state index in [2.05, 4.69) is 58.5 Å². The molecule has 3 N–H and O–H groups in total. The van der Waals surface area contributed by atoms with Crippen LogP contribution in [-0.2, 0) is 34.1 Å². The van der Waals surface area contributed by atoms with Gasteiger partial charge < -0.3 is 62.1 Å². The third-order valence-corrected chi connectivity index (χ3v) is 9.56. The van der Waals surface area contributed by atoms with E-state index in [1.165, 1.54) is 25.7 Å². The zero-order valence-electron chi connectivity index (χ0n) is 26.3. The van der Waals surface area contributed by atoms with Crippen molar-refractivity contribution in [1.29, 1.82) is 0 Å². The molecular formula is C29H58Cu2N10O2-4. The maximum Gasteiger partial charge on any atom is 0.0621 e. The van der Waals surface area contributed by atoms with Gasteiger partial charge in [0.05, 0.1) is 6.10 Å². The number of aliphatic hydroxyl groups is 1. The minimum absolute atomic E-state index is 0. The maximum atomic E-state index is 11.8. The van der Waals surface area contributed by atoms with Crippen LogP contribution < -0.4 is 0 Å². The number of aliphatic hydroxyl groups excluding tert-OH is 1. The summed E-state index contributed by atoms with van der Waals surface area (Å²) >= 11 is 0. The van der Waals surface area contributed by atoms with Gasteiger partial charge in [0.15, 0.2) is 0 Å². The van der Waals surface area contributed by atoms with Gasteiger partial charge in [0, 0.05) is 73.4 Å². The molecule has 2 radical (unpaired) electrons. The standard InChI is InChI=1S/C29H56N10O.2Cu.H2O/c1-26-22-27(24-34(14-18-36-10-2-6-30-36)15-19-37-11-3-7-31-37)29(40)28(23-26)25-35(16-20-38-12-4-8-32-38)17-21-39-13-5-9-33-39;;;/h26-29,40H,2-25H2,1H3;;;1H2/q-4;;;. The largest absolute Gasteiger partial charge is 0.594 e. The van der Waals surface area contributed by atoms with Crippen molar-refractivity contribution in [2.45, 2.75) is 51.6 Å². The second-order valence-electron chi connectivity index (χ2n) is 12.9. The molecule has 0 aromatic heterocycles. The molecule has 0 spiro atoms. The summed E-state index contributed by atoms with van der Waals surface area (Å²) in [6.07, 6.45) is 6.72. The van der Waals surface area contributed by atoms with Gasteiger partial charge in [-0.25, -0.2) is 0 Å². The Morgan fingerprint density at radius 2 is 0.884 bits per heavy atom. The molecule has 43 heavy (non-hydrogen) atoms. The topological polar surface area (TPSA) is 128 Å². The summed E-state index contributed by atoms with van der Waals surface area (Å²) in [7, 11) is 0. The Morgan fingerprint density at radius 1 is 0.581 bits per heavy atom. The van der Waals surface area contributed by atoms with Crippen molar-refractivity contribution in [3.63, 3.8) is 0 Å². The van der Waals surface area contributed by atoms with Gasteiger partial charge in [0.2, 0.25) is 0 Å². The van der Waals surface area contributed by atoms with Crippen molar-refractivity contribution in [2.24, 2.45) is 17.8 Å². The molecule has 4 heterocycles. The third kappa shape index (κ3) is 13.3. The number of nitrogens with zero attached hydrogens (tertiary/aromatic N) is 10. The molecule has 4 saturated heterocycles. The van der Waals surface area contributed by atoms with E-state index in [4.69, 9.17) is 0 Å². The normalized spacial score (nSPS) is 29.3. The van der Waals surface area contributed by atoms with E-state index >= 15 is 0 Å². The van der Waals surface area contributed by atoms with Crippen molar-refractivity contribution >= 4 is 0 Å². The molecule has 1 aliphatic carbocycles. The van der Waals surface area contributed by atoms with Crippen LogP contribution in [0.3, 0.4) is 0 Å². The van der Waals surface area contributed by atoms with Gasteiger partial charge in [-0.2, -0.15) is 0 Å². The molecule has 5 aliphatic rings. The molecule has 262 valence electrons. The molecule has 14 heteroatoms. The Morgan fingerprint density at radius 3 is 1.14 bits per heavy atom. The van der Waals surface area contributed by atoms with Crippen LogP contribution in [0.1, 0.15) is 45.4 Å². The first-order valence-corrected chi connectivity index (χ1v) is 16.4. The summed E-state index contributed by atoms with van der Waals surface area (Å²) in [5.74, 6) is 1.29. The minimum atomic E-state index is -0.248. The first-order valence-electron chi connectivity index (χ1n) is 16.4. The van der Waals surface area contributed by atoms with E-state index in [-0.39, 0.29) is 45.7 Å². The molecule has 1 saturated carbocycles. The van der Waals surface area contributed by atoms with Gasteiger partial charge in [0.25, 0.3) is 0 Å². The van der Waals surface area contributed by atoms with Gasteiger partial charge in [-0.05, 0) is 83.0 Å². The molecule has 0 aromatic carbocycles. The molecule has 4 aliphatic heterocycles. The Balaban J connectivity index is 0.00000215. The van der Waals surface area contributed by atoms with E-state index in [1.54, 1.807) is 0 Å². The first-order chi connectivity index (χ1) is 19.6. The predicted octanol–water partition coefficient (Wildman–Crippen LogP) is 1.76. The third-order valence-electron chi connectivity index (χ3n) is 9.56. The quantitative estimate of drug-likeness (QED) is 0.243. The number of hydrogen-bond acceptors (Lipinski definition) is 7. The predicted molar refractivity (Wildman–Crippen MR) is 166 cm³/mol. The smallest absolute Gasteiger partial charge is 0.0621 e. The summed E-state index contributed by atoms with van der Waals surface area (Å²) in [6.45, 7) is 20.7. The molecule has 0 amide bonds.